The van der Waals surface area contributed by atoms with Gasteiger partial charge in [0.2, 0.25) is 0 Å². The molecule has 28 heavy (non-hydrogen) atoms. The van der Waals surface area contributed by atoms with Gasteiger partial charge in [-0.25, -0.2) is 4.99 Å². The standard InChI is InChI=1S/C21H21N3O3S/c1-3-27-18-10-6-16(7-11-18)23-13-22-21-24(14-23)20(25)19(28-21)12-15-4-8-17(26-2)9-5-15/h4-12H,3,13-14H2,1-2H3/b19-12-. The van der Waals surface area contributed by atoms with E-state index >= 15 is 0 Å². The lowest BCUT2D eigenvalue weighted by atomic mass is 10.2. The summed E-state index contributed by atoms with van der Waals surface area (Å²) >= 11 is 1.42. The van der Waals surface area contributed by atoms with Crippen LogP contribution in [-0.2, 0) is 6.67 Å². The Morgan fingerprint density at radius 1 is 1.11 bits per heavy atom. The maximum absolute atomic E-state index is 12.9. The number of ether oxygens (including phenoxy) is 2. The highest BCUT2D eigenvalue weighted by Gasteiger charge is 2.16. The first-order valence-corrected chi connectivity index (χ1v) is 9.87. The van der Waals surface area contributed by atoms with Gasteiger partial charge in [0.25, 0.3) is 5.56 Å². The molecule has 0 fully saturated rings. The lowest BCUT2D eigenvalue weighted by Gasteiger charge is -2.25. The van der Waals surface area contributed by atoms with E-state index in [9.17, 15) is 4.79 Å². The Balaban J connectivity index is 1.61. The quantitative estimate of drug-likeness (QED) is 0.665. The fourth-order valence-corrected chi connectivity index (χ4v) is 4.01. The van der Waals surface area contributed by atoms with Crippen molar-refractivity contribution in [1.29, 1.82) is 0 Å². The lowest BCUT2D eigenvalue weighted by molar-refractivity contribution is 0.340. The Kier molecular flexibility index (Phi) is 5.16. The molecule has 0 bridgehead atoms. The number of thiazole rings is 1. The van der Waals surface area contributed by atoms with Crippen LogP contribution in [0.25, 0.3) is 6.08 Å². The smallest absolute Gasteiger partial charge is 0.271 e. The highest BCUT2D eigenvalue weighted by atomic mass is 32.1. The Morgan fingerprint density at radius 2 is 1.82 bits per heavy atom. The number of rotatable bonds is 5. The van der Waals surface area contributed by atoms with Crippen molar-refractivity contribution in [2.24, 2.45) is 4.99 Å². The molecule has 1 aliphatic rings. The van der Waals surface area contributed by atoms with Crippen LogP contribution in [0.1, 0.15) is 12.5 Å². The highest BCUT2D eigenvalue weighted by molar-refractivity contribution is 7.07. The molecule has 3 aromatic rings. The van der Waals surface area contributed by atoms with Crippen molar-refractivity contribution < 1.29 is 9.47 Å². The molecule has 0 radical (unpaired) electrons. The first-order valence-electron chi connectivity index (χ1n) is 9.05. The first kappa shape index (κ1) is 18.3. The van der Waals surface area contributed by atoms with E-state index in [1.165, 1.54) is 11.3 Å². The second kappa shape index (κ2) is 7.90. The van der Waals surface area contributed by atoms with Gasteiger partial charge >= 0.3 is 0 Å². The number of aromatic nitrogens is 1. The van der Waals surface area contributed by atoms with E-state index in [1.54, 1.807) is 11.7 Å². The normalized spacial score (nSPS) is 13.8. The zero-order valence-corrected chi connectivity index (χ0v) is 16.6. The molecule has 0 N–H and O–H groups in total. The van der Waals surface area contributed by atoms with Gasteiger partial charge in [-0.1, -0.05) is 23.5 Å². The third-order valence-corrected chi connectivity index (χ3v) is 5.55. The van der Waals surface area contributed by atoms with Crippen molar-refractivity contribution in [1.82, 2.24) is 4.57 Å². The lowest BCUT2D eigenvalue weighted by Crippen LogP contribution is -2.42. The monoisotopic (exact) mass is 395 g/mol. The summed E-state index contributed by atoms with van der Waals surface area (Å²) in [4.78, 5) is 20.3. The number of nitrogens with zero attached hydrogens (tertiary/aromatic N) is 3. The molecule has 144 valence electrons. The van der Waals surface area contributed by atoms with Crippen LogP contribution in [-0.4, -0.2) is 25.0 Å². The number of hydrogen-bond donors (Lipinski definition) is 0. The molecule has 1 aromatic heterocycles. The molecule has 0 saturated carbocycles. The molecule has 2 aromatic carbocycles. The first-order chi connectivity index (χ1) is 13.7. The van der Waals surface area contributed by atoms with E-state index < -0.39 is 0 Å². The van der Waals surface area contributed by atoms with Gasteiger partial charge in [-0.2, -0.15) is 0 Å². The summed E-state index contributed by atoms with van der Waals surface area (Å²) in [5.41, 5.74) is 1.95. The number of methoxy groups -OCH3 is 1. The molecule has 6 nitrogen and oxygen atoms in total. The molecule has 0 atom stereocenters. The minimum absolute atomic E-state index is 0.0183. The van der Waals surface area contributed by atoms with Crippen LogP contribution in [0.4, 0.5) is 5.69 Å². The van der Waals surface area contributed by atoms with Gasteiger partial charge < -0.3 is 14.4 Å². The van der Waals surface area contributed by atoms with Crippen molar-refractivity contribution in [3.05, 3.63) is 73.8 Å². The Bertz CT molecular complexity index is 1130. The maximum atomic E-state index is 12.9. The van der Waals surface area contributed by atoms with Crippen molar-refractivity contribution in [3.8, 4) is 11.5 Å². The molecular weight excluding hydrogens is 374 g/mol. The Morgan fingerprint density at radius 3 is 2.50 bits per heavy atom. The molecule has 0 aliphatic carbocycles. The SMILES string of the molecule is CCOc1ccc(N2CN=c3s/c(=C\c4ccc(OC)cc4)c(=O)n3C2)cc1. The average Bonchev–Trinajstić information content (AvgIpc) is 3.04. The summed E-state index contributed by atoms with van der Waals surface area (Å²) in [7, 11) is 1.63. The molecule has 0 amide bonds. The van der Waals surface area contributed by atoms with E-state index in [0.717, 1.165) is 27.6 Å². The Labute approximate surface area is 166 Å². The van der Waals surface area contributed by atoms with E-state index in [2.05, 4.69) is 9.89 Å². The minimum atomic E-state index is -0.0183. The minimum Gasteiger partial charge on any atom is -0.497 e. The van der Waals surface area contributed by atoms with Crippen LogP contribution >= 0.6 is 11.3 Å². The van der Waals surface area contributed by atoms with Crippen molar-refractivity contribution in [3.63, 3.8) is 0 Å². The molecule has 0 saturated heterocycles. The van der Waals surface area contributed by atoms with Crippen LogP contribution in [0.3, 0.4) is 0 Å². The molecule has 4 rings (SSSR count). The van der Waals surface area contributed by atoms with Crippen molar-refractivity contribution in [2.75, 3.05) is 25.3 Å². The summed E-state index contributed by atoms with van der Waals surface area (Å²) in [6, 6.07) is 15.5. The fraction of sp³-hybridized carbons (Fsp3) is 0.238. The average molecular weight is 395 g/mol. The van der Waals surface area contributed by atoms with Gasteiger partial charge in [0.1, 0.15) is 24.8 Å². The summed E-state index contributed by atoms with van der Waals surface area (Å²) in [5, 5.41) is 0. The fourth-order valence-electron chi connectivity index (χ4n) is 3.05. The van der Waals surface area contributed by atoms with E-state index in [-0.39, 0.29) is 5.56 Å². The van der Waals surface area contributed by atoms with Crippen LogP contribution in [0.15, 0.2) is 58.3 Å². The van der Waals surface area contributed by atoms with Gasteiger partial charge in [-0.3, -0.25) is 9.36 Å². The summed E-state index contributed by atoms with van der Waals surface area (Å²) < 4.78 is 13.1. The zero-order chi connectivity index (χ0) is 19.5. The van der Waals surface area contributed by atoms with Crippen LogP contribution in [0.5, 0.6) is 11.5 Å². The number of anilines is 1. The second-order valence-electron chi connectivity index (χ2n) is 6.31. The summed E-state index contributed by atoms with van der Waals surface area (Å²) in [6.45, 7) is 3.61. The number of fused-ring (bicyclic) bond motifs is 1. The van der Waals surface area contributed by atoms with E-state index in [0.29, 0.717) is 24.5 Å². The van der Waals surface area contributed by atoms with Crippen molar-refractivity contribution in [2.45, 2.75) is 13.6 Å². The van der Waals surface area contributed by atoms with Gasteiger partial charge in [0.05, 0.1) is 18.2 Å². The van der Waals surface area contributed by atoms with Gasteiger partial charge in [0, 0.05) is 5.69 Å². The van der Waals surface area contributed by atoms with Crippen LogP contribution < -0.4 is 29.3 Å². The molecule has 1 aliphatic heterocycles. The Hall–Kier alpha value is -3.06. The predicted octanol–water partition coefficient (Wildman–Crippen LogP) is 2.20. The number of hydrogen-bond acceptors (Lipinski definition) is 6. The maximum Gasteiger partial charge on any atom is 0.271 e. The third-order valence-electron chi connectivity index (χ3n) is 4.50. The second-order valence-corrected chi connectivity index (χ2v) is 7.32. The van der Waals surface area contributed by atoms with Gasteiger partial charge in [-0.15, -0.1) is 0 Å². The molecule has 2 heterocycles. The van der Waals surface area contributed by atoms with Gasteiger partial charge in [-0.05, 0) is 55.0 Å². The van der Waals surface area contributed by atoms with Gasteiger partial charge in [0.15, 0.2) is 4.80 Å². The topological polar surface area (TPSA) is 56.1 Å². The zero-order valence-electron chi connectivity index (χ0n) is 15.8. The molecule has 0 unspecified atom stereocenters. The van der Waals surface area contributed by atoms with E-state index in [4.69, 9.17) is 9.47 Å². The third kappa shape index (κ3) is 3.66. The molecule has 0 spiro atoms. The number of benzene rings is 2. The summed E-state index contributed by atoms with van der Waals surface area (Å²) in [6.07, 6.45) is 1.90. The van der Waals surface area contributed by atoms with E-state index in [1.807, 2.05) is 61.5 Å². The predicted molar refractivity (Wildman–Crippen MR) is 111 cm³/mol. The van der Waals surface area contributed by atoms with Crippen molar-refractivity contribution >= 4 is 23.1 Å². The largest absolute Gasteiger partial charge is 0.497 e. The molecule has 7 heteroatoms. The summed E-state index contributed by atoms with van der Waals surface area (Å²) in [5.74, 6) is 1.63. The van der Waals surface area contributed by atoms with Crippen LogP contribution in [0.2, 0.25) is 0 Å². The highest BCUT2D eigenvalue weighted by Crippen LogP contribution is 2.20. The molecular formula is C21H21N3O3S. The van der Waals surface area contributed by atoms with Crippen LogP contribution in [0, 0.1) is 0 Å².